The van der Waals surface area contributed by atoms with Crippen LogP contribution >= 0.6 is 0 Å². The maximum absolute atomic E-state index is 10.8. The van der Waals surface area contributed by atoms with Gasteiger partial charge in [0.15, 0.2) is 0 Å². The summed E-state index contributed by atoms with van der Waals surface area (Å²) in [6, 6.07) is 13.7. The summed E-state index contributed by atoms with van der Waals surface area (Å²) in [7, 11) is -1.96. The van der Waals surface area contributed by atoms with E-state index in [1.165, 1.54) is 12.1 Å². The zero-order valence-corrected chi connectivity index (χ0v) is 28.6. The van der Waals surface area contributed by atoms with Gasteiger partial charge >= 0.3 is 9.53 Å². The van der Waals surface area contributed by atoms with Crippen molar-refractivity contribution in [2.24, 2.45) is 10.2 Å². The fraction of sp³-hybridized carbons (Fsp3) is 0.481. The molecule has 0 N–H and O–H groups in total. The average Bonchev–Trinajstić information content (AvgIpc) is 3.38. The van der Waals surface area contributed by atoms with Gasteiger partial charge in [-0.2, -0.15) is 10.2 Å². The summed E-state index contributed by atoms with van der Waals surface area (Å²) in [5.41, 5.74) is 2.28. The van der Waals surface area contributed by atoms with E-state index in [0.29, 0.717) is 23.6 Å². The molecule has 218 valence electrons. The molecule has 0 unspecified atom stereocenters. The van der Waals surface area contributed by atoms with Crippen LogP contribution < -0.4 is 4.90 Å². The van der Waals surface area contributed by atoms with Crippen molar-refractivity contribution in [3.63, 3.8) is 0 Å². The largest absolute Gasteiger partial charge is 0.578 e. The van der Waals surface area contributed by atoms with Crippen LogP contribution in [0.2, 0.25) is 0 Å². The second-order valence-electron chi connectivity index (χ2n) is 10.1. The van der Waals surface area contributed by atoms with E-state index in [-0.39, 0.29) is 50.6 Å². The summed E-state index contributed by atoms with van der Waals surface area (Å²) in [6.07, 6.45) is 1.89. The van der Waals surface area contributed by atoms with Crippen LogP contribution in [-0.2, 0) is 58.1 Å². The first-order valence-corrected chi connectivity index (χ1v) is 14.5. The molecular weight excluding hydrogens is 619 g/mol. The van der Waals surface area contributed by atoms with Crippen LogP contribution in [0.25, 0.3) is 0 Å². The van der Waals surface area contributed by atoms with E-state index in [2.05, 4.69) is 32.4 Å². The summed E-state index contributed by atoms with van der Waals surface area (Å²) in [6.45, 7) is 16.0. The predicted molar refractivity (Wildman–Crippen MR) is 154 cm³/mol. The summed E-state index contributed by atoms with van der Waals surface area (Å²) < 4.78 is 19.8. The van der Waals surface area contributed by atoms with Crippen LogP contribution in [0.3, 0.4) is 0 Å². The van der Waals surface area contributed by atoms with Crippen molar-refractivity contribution in [1.82, 2.24) is 15.0 Å². The van der Waals surface area contributed by atoms with E-state index in [1.807, 2.05) is 76.7 Å². The van der Waals surface area contributed by atoms with Crippen molar-refractivity contribution in [3.8, 4) is 0 Å². The van der Waals surface area contributed by atoms with Gasteiger partial charge in [0, 0.05) is 75.8 Å². The Morgan fingerprint density at radius 3 is 2.02 bits per heavy atom. The number of non-ortho nitro benzene ring substituents is 1. The van der Waals surface area contributed by atoms with Crippen LogP contribution in [0.4, 0.5) is 22.7 Å². The normalized spacial score (nSPS) is 12.0. The Kier molecular flexibility index (Phi) is 13.8. The van der Waals surface area contributed by atoms with Gasteiger partial charge in [0.25, 0.3) is 5.69 Å². The van der Waals surface area contributed by atoms with Crippen molar-refractivity contribution >= 4 is 32.3 Å². The monoisotopic (exact) mass is 657 g/mol. The SMILES string of the molecule is CCN(CCn1cc(C(C)(C)O[Si](OC(C)C)OC(C)C)nn1)c1ccc(N=Nc2ccc([N+](=O)[O-])cc2)cc1.[Y]. The number of nitro benzene ring substituents is 1. The summed E-state index contributed by atoms with van der Waals surface area (Å²) in [5, 5.41) is 27.9. The molecule has 3 aromatic rings. The van der Waals surface area contributed by atoms with Gasteiger partial charge in [0.05, 0.1) is 29.0 Å². The Balaban J connectivity index is 0.00000588. The van der Waals surface area contributed by atoms with E-state index in [0.717, 1.165) is 18.8 Å². The third-order valence-electron chi connectivity index (χ3n) is 5.69. The van der Waals surface area contributed by atoms with Crippen molar-refractivity contribution < 1.29 is 50.9 Å². The van der Waals surface area contributed by atoms with Gasteiger partial charge in [-0.1, -0.05) is 5.21 Å². The van der Waals surface area contributed by atoms with Gasteiger partial charge in [0.1, 0.15) is 11.3 Å². The van der Waals surface area contributed by atoms with Crippen molar-refractivity contribution in [2.75, 3.05) is 18.0 Å². The molecule has 0 saturated heterocycles. The number of likely N-dealkylation sites (N-methyl/N-ethyl adjacent to an activating group) is 1. The standard InChI is InChI=1S/C27H38N7O5Si.Y/c1-8-32(24-13-9-22(10-14-24)28-29-23-11-15-25(16-12-23)34(35)36)17-18-33-19-26(30-31-33)27(6,7)39-40(37-20(2)3)38-21(4)5;/h9-16,19-21H,8,17-18H2,1-7H3;. The molecule has 0 fully saturated rings. The number of rotatable bonds is 15. The maximum Gasteiger partial charge on any atom is 0.578 e. The van der Waals surface area contributed by atoms with E-state index >= 15 is 0 Å². The van der Waals surface area contributed by atoms with Gasteiger partial charge in [-0.15, -0.1) is 5.10 Å². The molecule has 0 amide bonds. The van der Waals surface area contributed by atoms with Crippen LogP contribution in [0.5, 0.6) is 0 Å². The number of aromatic nitrogens is 3. The maximum atomic E-state index is 10.8. The minimum atomic E-state index is -1.96. The third kappa shape index (κ3) is 11.1. The Labute approximate surface area is 268 Å². The van der Waals surface area contributed by atoms with Crippen LogP contribution in [0.1, 0.15) is 54.2 Å². The van der Waals surface area contributed by atoms with Crippen LogP contribution in [0.15, 0.2) is 65.0 Å². The molecule has 0 spiro atoms. The number of azo groups is 1. The molecule has 0 aliphatic carbocycles. The third-order valence-corrected chi connectivity index (χ3v) is 7.70. The van der Waals surface area contributed by atoms with Crippen LogP contribution in [-0.4, -0.2) is 54.7 Å². The van der Waals surface area contributed by atoms with E-state index in [4.69, 9.17) is 13.3 Å². The van der Waals surface area contributed by atoms with E-state index in [9.17, 15) is 10.1 Å². The molecule has 1 heterocycles. The van der Waals surface area contributed by atoms with Gasteiger partial charge in [-0.3, -0.25) is 14.8 Å². The number of nitro groups is 1. The molecule has 0 aliphatic heterocycles. The molecule has 41 heavy (non-hydrogen) atoms. The van der Waals surface area contributed by atoms with Gasteiger partial charge in [0.2, 0.25) is 0 Å². The molecule has 2 radical (unpaired) electrons. The second kappa shape index (κ2) is 16.3. The fourth-order valence-corrected chi connectivity index (χ4v) is 5.03. The Morgan fingerprint density at radius 1 is 1.00 bits per heavy atom. The van der Waals surface area contributed by atoms with E-state index in [1.54, 1.807) is 12.1 Å². The Hall–Kier alpha value is -2.42. The molecule has 2 aromatic carbocycles. The zero-order chi connectivity index (χ0) is 29.3. The molecule has 3 rings (SSSR count). The van der Waals surface area contributed by atoms with E-state index < -0.39 is 20.1 Å². The summed E-state index contributed by atoms with van der Waals surface area (Å²) in [4.78, 5) is 12.6. The Morgan fingerprint density at radius 2 is 1.54 bits per heavy atom. The fourth-order valence-electron chi connectivity index (χ4n) is 3.58. The minimum absolute atomic E-state index is 0. The molecule has 12 nitrogen and oxygen atoms in total. The number of hydrogen-bond donors (Lipinski definition) is 0. The first-order valence-electron chi connectivity index (χ1n) is 13.3. The van der Waals surface area contributed by atoms with Crippen molar-refractivity contribution in [1.29, 1.82) is 0 Å². The number of hydrogen-bond acceptors (Lipinski definition) is 10. The number of nitrogens with zero attached hydrogens (tertiary/aromatic N) is 7. The van der Waals surface area contributed by atoms with Gasteiger partial charge in [-0.05, 0) is 84.9 Å². The van der Waals surface area contributed by atoms with Crippen molar-refractivity contribution in [2.45, 2.75) is 72.8 Å². The summed E-state index contributed by atoms with van der Waals surface area (Å²) in [5.74, 6) is 0. The molecule has 1 aromatic heterocycles. The molecule has 0 atom stereocenters. The average molecular weight is 658 g/mol. The first-order chi connectivity index (χ1) is 19.0. The topological polar surface area (TPSA) is 130 Å². The molecular formula is C27H38N7O5SiY. The molecule has 14 heteroatoms. The second-order valence-corrected chi connectivity index (χ2v) is 11.3. The first kappa shape index (κ1) is 34.8. The smallest absolute Gasteiger partial charge is 0.370 e. The van der Waals surface area contributed by atoms with Crippen molar-refractivity contribution in [3.05, 3.63) is 70.5 Å². The molecule has 0 saturated carbocycles. The number of benzene rings is 2. The van der Waals surface area contributed by atoms with Crippen LogP contribution in [0, 0.1) is 10.1 Å². The minimum Gasteiger partial charge on any atom is -0.370 e. The zero-order valence-electron chi connectivity index (χ0n) is 24.7. The van der Waals surface area contributed by atoms with Gasteiger partial charge < -0.3 is 18.2 Å². The Bertz CT molecular complexity index is 1240. The number of anilines is 1. The molecule has 0 aliphatic rings. The predicted octanol–water partition coefficient (Wildman–Crippen LogP) is 6.21. The molecule has 0 bridgehead atoms. The summed E-state index contributed by atoms with van der Waals surface area (Å²) >= 11 is 0. The van der Waals surface area contributed by atoms with Gasteiger partial charge in [-0.25, -0.2) is 0 Å². The quantitative estimate of drug-likeness (QED) is 0.0816.